The summed E-state index contributed by atoms with van der Waals surface area (Å²) in [5.41, 5.74) is 1.87. The van der Waals surface area contributed by atoms with E-state index in [-0.39, 0.29) is 4.90 Å². The first kappa shape index (κ1) is 14.3. The van der Waals surface area contributed by atoms with Crippen LogP contribution in [0.5, 0.6) is 5.75 Å². The van der Waals surface area contributed by atoms with Crippen molar-refractivity contribution in [1.82, 2.24) is 18.9 Å². The molecule has 4 rings (SSSR count). The van der Waals surface area contributed by atoms with Crippen LogP contribution in [0.1, 0.15) is 5.56 Å². The van der Waals surface area contributed by atoms with Crippen molar-refractivity contribution < 1.29 is 13.2 Å². The minimum absolute atomic E-state index is 0.281. The summed E-state index contributed by atoms with van der Waals surface area (Å²) in [6, 6.07) is 6.88. The van der Waals surface area contributed by atoms with E-state index in [9.17, 15) is 8.42 Å². The molecule has 0 aliphatic carbocycles. The van der Waals surface area contributed by atoms with Gasteiger partial charge in [0, 0.05) is 38.0 Å². The van der Waals surface area contributed by atoms with E-state index >= 15 is 0 Å². The van der Waals surface area contributed by atoms with Gasteiger partial charge in [0.05, 0.1) is 17.7 Å². The summed E-state index contributed by atoms with van der Waals surface area (Å²) in [5, 5.41) is 4.12. The summed E-state index contributed by atoms with van der Waals surface area (Å²) in [4.78, 5) is 0.281. The van der Waals surface area contributed by atoms with E-state index in [2.05, 4.69) is 9.82 Å². The monoisotopic (exact) mass is 332 g/mol. The van der Waals surface area contributed by atoms with Gasteiger partial charge in [0.1, 0.15) is 11.4 Å². The van der Waals surface area contributed by atoms with Crippen LogP contribution in [0, 0.1) is 0 Å². The third kappa shape index (κ3) is 2.60. The highest BCUT2D eigenvalue weighted by molar-refractivity contribution is 7.89. The zero-order chi connectivity index (χ0) is 15.9. The number of fused-ring (bicyclic) bond motifs is 2. The fourth-order valence-corrected chi connectivity index (χ4v) is 3.84. The number of hydrogen-bond donors (Lipinski definition) is 1. The molecule has 0 saturated carbocycles. The predicted molar refractivity (Wildman–Crippen MR) is 84.0 cm³/mol. The Morgan fingerprint density at radius 1 is 1.26 bits per heavy atom. The van der Waals surface area contributed by atoms with Gasteiger partial charge in [-0.15, -0.1) is 0 Å². The van der Waals surface area contributed by atoms with Crippen molar-refractivity contribution in [3.8, 4) is 5.75 Å². The Morgan fingerprint density at radius 2 is 2.17 bits per heavy atom. The van der Waals surface area contributed by atoms with Crippen LogP contribution in [0.15, 0.2) is 47.8 Å². The summed E-state index contributed by atoms with van der Waals surface area (Å²) >= 11 is 0. The fourth-order valence-electron chi connectivity index (χ4n) is 2.77. The third-order valence-corrected chi connectivity index (χ3v) is 5.41. The van der Waals surface area contributed by atoms with E-state index in [0.29, 0.717) is 19.7 Å². The molecule has 8 heteroatoms. The van der Waals surface area contributed by atoms with Crippen molar-refractivity contribution in [2.45, 2.75) is 17.9 Å². The van der Waals surface area contributed by atoms with E-state index in [1.54, 1.807) is 28.9 Å². The van der Waals surface area contributed by atoms with Crippen molar-refractivity contribution in [1.29, 1.82) is 0 Å². The molecule has 23 heavy (non-hydrogen) atoms. The highest BCUT2D eigenvalue weighted by Gasteiger charge is 2.18. The second-order valence-corrected chi connectivity index (χ2v) is 7.16. The van der Waals surface area contributed by atoms with Crippen LogP contribution in [0.25, 0.3) is 5.65 Å². The van der Waals surface area contributed by atoms with Gasteiger partial charge in [-0.3, -0.25) is 0 Å². The van der Waals surface area contributed by atoms with Crippen LogP contribution < -0.4 is 9.46 Å². The van der Waals surface area contributed by atoms with Crippen molar-refractivity contribution >= 4 is 15.7 Å². The largest absolute Gasteiger partial charge is 0.493 e. The number of sulfonamides is 1. The first-order chi connectivity index (χ1) is 11.1. The lowest BCUT2D eigenvalue weighted by atomic mass is 10.2. The van der Waals surface area contributed by atoms with E-state index in [0.717, 1.165) is 23.4 Å². The molecule has 2 aromatic heterocycles. The molecular formula is C15H16N4O3S. The molecule has 0 amide bonds. The number of nitrogens with zero attached hydrogens (tertiary/aromatic N) is 3. The average Bonchev–Trinajstić information content (AvgIpc) is 3.23. The summed E-state index contributed by atoms with van der Waals surface area (Å²) in [6.07, 6.45) is 6.18. The van der Waals surface area contributed by atoms with Gasteiger partial charge in [-0.2, -0.15) is 5.10 Å². The van der Waals surface area contributed by atoms with E-state index in [1.165, 1.54) is 0 Å². The van der Waals surface area contributed by atoms with E-state index in [1.807, 2.05) is 23.0 Å². The van der Waals surface area contributed by atoms with E-state index in [4.69, 9.17) is 4.74 Å². The Morgan fingerprint density at radius 3 is 3.09 bits per heavy atom. The number of ether oxygens (including phenoxy) is 1. The standard InChI is InChI=1S/C15H16N4O3S/c20-23(21,13-1-2-14-12(11-13)4-10-22-14)17-6-7-18-8-9-19-15(18)3-5-16-19/h1-3,5,8-9,11,17H,4,6-7,10H2. The van der Waals surface area contributed by atoms with E-state index < -0.39 is 10.0 Å². The zero-order valence-electron chi connectivity index (χ0n) is 12.3. The van der Waals surface area contributed by atoms with Crippen LogP contribution in [-0.2, 0) is 23.0 Å². The second kappa shape index (κ2) is 5.39. The Balaban J connectivity index is 1.46. The minimum Gasteiger partial charge on any atom is -0.493 e. The number of imidazole rings is 1. The summed E-state index contributed by atoms with van der Waals surface area (Å²) < 4.78 is 36.5. The van der Waals surface area contributed by atoms with Crippen LogP contribution in [0.4, 0.5) is 0 Å². The van der Waals surface area contributed by atoms with Crippen molar-refractivity contribution in [3.63, 3.8) is 0 Å². The molecule has 3 heterocycles. The predicted octanol–water partition coefficient (Wildman–Crippen LogP) is 1.05. The number of nitrogens with one attached hydrogen (secondary N) is 1. The Kier molecular flexibility index (Phi) is 3.35. The van der Waals surface area contributed by atoms with Gasteiger partial charge < -0.3 is 9.30 Å². The first-order valence-electron chi connectivity index (χ1n) is 7.37. The molecule has 120 valence electrons. The molecule has 0 unspecified atom stereocenters. The molecule has 0 fully saturated rings. The van der Waals surface area contributed by atoms with Crippen LogP contribution >= 0.6 is 0 Å². The number of hydrogen-bond acceptors (Lipinski definition) is 4. The van der Waals surface area contributed by atoms with Gasteiger partial charge >= 0.3 is 0 Å². The van der Waals surface area contributed by atoms with Gasteiger partial charge in [0.2, 0.25) is 10.0 Å². The zero-order valence-corrected chi connectivity index (χ0v) is 13.2. The molecule has 0 bridgehead atoms. The van der Waals surface area contributed by atoms with Crippen LogP contribution in [0.2, 0.25) is 0 Å². The fraction of sp³-hybridized carbons (Fsp3) is 0.267. The molecular weight excluding hydrogens is 316 g/mol. The maximum atomic E-state index is 12.4. The quantitative estimate of drug-likeness (QED) is 0.757. The van der Waals surface area contributed by atoms with Gasteiger partial charge in [0.15, 0.2) is 0 Å². The maximum Gasteiger partial charge on any atom is 0.240 e. The van der Waals surface area contributed by atoms with Gasteiger partial charge in [-0.25, -0.2) is 17.7 Å². The van der Waals surface area contributed by atoms with Crippen molar-refractivity contribution in [2.24, 2.45) is 0 Å². The van der Waals surface area contributed by atoms with Gasteiger partial charge in [-0.05, 0) is 23.8 Å². The van der Waals surface area contributed by atoms with Crippen LogP contribution in [0.3, 0.4) is 0 Å². The average molecular weight is 332 g/mol. The van der Waals surface area contributed by atoms with Crippen LogP contribution in [-0.4, -0.2) is 35.8 Å². The molecule has 1 aliphatic rings. The Hall–Kier alpha value is -2.32. The van der Waals surface area contributed by atoms with Crippen molar-refractivity contribution in [3.05, 3.63) is 48.4 Å². The first-order valence-corrected chi connectivity index (χ1v) is 8.86. The molecule has 0 saturated heterocycles. The SMILES string of the molecule is O=S(=O)(NCCn1ccn2nccc12)c1ccc2c(c1)CCO2. The topological polar surface area (TPSA) is 77.6 Å². The molecule has 0 atom stereocenters. The Bertz CT molecular complexity index is 958. The molecule has 7 nitrogen and oxygen atoms in total. The summed E-state index contributed by atoms with van der Waals surface area (Å²) in [7, 11) is -3.52. The normalized spacial score (nSPS) is 14.1. The molecule has 0 spiro atoms. The third-order valence-electron chi connectivity index (χ3n) is 3.95. The Labute approximate surface area is 133 Å². The van der Waals surface area contributed by atoms with Gasteiger partial charge in [-0.1, -0.05) is 0 Å². The molecule has 1 aromatic carbocycles. The summed E-state index contributed by atoms with van der Waals surface area (Å²) in [6.45, 7) is 1.46. The summed E-state index contributed by atoms with van der Waals surface area (Å²) in [5.74, 6) is 0.777. The lowest BCUT2D eigenvalue weighted by Crippen LogP contribution is -2.27. The van der Waals surface area contributed by atoms with Gasteiger partial charge in [0.25, 0.3) is 0 Å². The molecule has 3 aromatic rings. The molecule has 1 aliphatic heterocycles. The smallest absolute Gasteiger partial charge is 0.240 e. The number of rotatable bonds is 5. The number of benzene rings is 1. The molecule has 1 N–H and O–H groups in total. The lowest BCUT2D eigenvalue weighted by Gasteiger charge is -2.09. The molecule has 0 radical (unpaired) electrons. The second-order valence-electron chi connectivity index (χ2n) is 5.39. The highest BCUT2D eigenvalue weighted by Crippen LogP contribution is 2.27. The lowest BCUT2D eigenvalue weighted by molar-refractivity contribution is 0.356. The maximum absolute atomic E-state index is 12.4. The minimum atomic E-state index is -3.52. The highest BCUT2D eigenvalue weighted by atomic mass is 32.2. The van der Waals surface area contributed by atoms with Crippen molar-refractivity contribution in [2.75, 3.05) is 13.2 Å². The number of aromatic nitrogens is 3.